The first-order valence-electron chi connectivity index (χ1n) is 23.3. The Labute approximate surface area is 383 Å². The lowest BCUT2D eigenvalue weighted by Crippen LogP contribution is -1.97. The third-order valence-electron chi connectivity index (χ3n) is 14.6. The van der Waals surface area contributed by atoms with Gasteiger partial charge in [0.05, 0.1) is 0 Å². The van der Waals surface area contributed by atoms with E-state index in [1.54, 1.807) is 0 Å². The van der Waals surface area contributed by atoms with Crippen LogP contribution in [0.4, 0.5) is 0 Å². The molecule has 1 aliphatic rings. The molecular weight excluding hydrogens is 793 g/mol. The molecule has 14 rings (SSSR count). The normalized spacial score (nSPS) is 12.7. The van der Waals surface area contributed by atoms with Gasteiger partial charge in [-0.05, 0) is 191 Å². The maximum Gasteiger partial charge on any atom is -0.00137 e. The Kier molecular flexibility index (Phi) is 8.21. The largest absolute Gasteiger partial charge is 0.0836 e. The molecule has 0 nitrogen and oxygen atoms in total. The van der Waals surface area contributed by atoms with Crippen molar-refractivity contribution < 1.29 is 0 Å². The lowest BCUT2D eigenvalue weighted by molar-refractivity contribution is 0.986. The van der Waals surface area contributed by atoms with Crippen molar-refractivity contribution >= 4 is 92.3 Å². The van der Waals surface area contributed by atoms with Gasteiger partial charge in [-0.1, -0.05) is 194 Å². The maximum absolute atomic E-state index is 2.51. The smallest absolute Gasteiger partial charge is 0.00137 e. The summed E-state index contributed by atoms with van der Waals surface area (Å²) in [6.45, 7) is 0. The van der Waals surface area contributed by atoms with Crippen molar-refractivity contribution in [2.75, 3.05) is 0 Å². The quantitative estimate of drug-likeness (QED) is 0.155. The molecule has 0 unspecified atom stereocenters. The van der Waals surface area contributed by atoms with E-state index in [0.717, 1.165) is 12.8 Å². The lowest BCUT2D eigenvalue weighted by atomic mass is 9.83. The standard InChI is InChI=1S/C66H42/c1-3-19-45-37-61(51-29-13-21-41-15-5-7-23-49(41)51)59(35-43(45)17-1)47-31-33-55-53-25-9-12-28-58(53)66-64-40-48(32-34-56(64)54-26-10-11-27-57(54)65(66)63(55)39-47)60-36-44-18-2-4-20-46(44)38-62(60)52-30-14-22-42-16-6-8-24-50(42)52/h1-5,7-15,17-40H,6,16H2. The van der Waals surface area contributed by atoms with Gasteiger partial charge >= 0.3 is 0 Å². The number of hydrogen-bond donors (Lipinski definition) is 0. The summed E-state index contributed by atoms with van der Waals surface area (Å²) < 4.78 is 0. The number of benzene rings is 13. The Bertz CT molecular complexity index is 4210. The fourth-order valence-corrected chi connectivity index (χ4v) is 11.6. The van der Waals surface area contributed by atoms with Gasteiger partial charge in [0.1, 0.15) is 0 Å². The zero-order chi connectivity index (χ0) is 43.3. The molecule has 66 heavy (non-hydrogen) atoms. The van der Waals surface area contributed by atoms with Gasteiger partial charge in [-0.25, -0.2) is 0 Å². The van der Waals surface area contributed by atoms with Crippen LogP contribution >= 0.6 is 0 Å². The highest BCUT2D eigenvalue weighted by Crippen LogP contribution is 2.48. The second kappa shape index (κ2) is 14.6. The molecule has 0 aliphatic heterocycles. The summed E-state index contributed by atoms with van der Waals surface area (Å²) in [4.78, 5) is 0. The molecule has 306 valence electrons. The Morgan fingerprint density at radius 3 is 1.26 bits per heavy atom. The van der Waals surface area contributed by atoms with Crippen LogP contribution in [0, 0.1) is 0 Å². The Hall–Kier alpha value is -8.32. The molecule has 0 bridgehead atoms. The van der Waals surface area contributed by atoms with Crippen LogP contribution in [0.15, 0.2) is 224 Å². The van der Waals surface area contributed by atoms with Crippen LogP contribution < -0.4 is 0 Å². The van der Waals surface area contributed by atoms with Crippen LogP contribution in [0.5, 0.6) is 0 Å². The fraction of sp³-hybridized carbons (Fsp3) is 0.0303. The zero-order valence-corrected chi connectivity index (χ0v) is 36.4. The van der Waals surface area contributed by atoms with Crippen molar-refractivity contribution in [3.8, 4) is 44.5 Å². The van der Waals surface area contributed by atoms with Gasteiger partial charge in [-0.2, -0.15) is 0 Å². The highest BCUT2D eigenvalue weighted by atomic mass is 14.2. The molecule has 0 fully saturated rings. The molecule has 0 atom stereocenters. The summed E-state index contributed by atoms with van der Waals surface area (Å²) >= 11 is 0. The Balaban J connectivity index is 1.09. The van der Waals surface area contributed by atoms with Crippen molar-refractivity contribution in [1.29, 1.82) is 0 Å². The molecule has 13 aromatic rings. The molecule has 0 heterocycles. The second-order valence-electron chi connectivity index (χ2n) is 18.2. The van der Waals surface area contributed by atoms with Gasteiger partial charge in [0.25, 0.3) is 0 Å². The van der Waals surface area contributed by atoms with E-state index < -0.39 is 0 Å². The number of allylic oxidation sites excluding steroid dienone is 1. The van der Waals surface area contributed by atoms with Crippen molar-refractivity contribution in [2.45, 2.75) is 12.8 Å². The number of rotatable bonds is 4. The van der Waals surface area contributed by atoms with Crippen LogP contribution in [0.1, 0.15) is 17.5 Å². The molecule has 0 N–H and O–H groups in total. The molecule has 0 saturated heterocycles. The minimum absolute atomic E-state index is 1.08. The Morgan fingerprint density at radius 2 is 0.682 bits per heavy atom. The summed E-state index contributed by atoms with van der Waals surface area (Å²) in [6.07, 6.45) is 6.85. The SMILES string of the molecule is C1=Cc2c(cccc2-c2cc3ccccc3cc2-c2ccc3c4ccccc4c4c5cc(-c6cc7ccccc7cc6-c6cccc7ccccc67)ccc5c5ccccc5c4c3c2)CC1. The van der Waals surface area contributed by atoms with Crippen molar-refractivity contribution in [2.24, 2.45) is 0 Å². The van der Waals surface area contributed by atoms with Crippen molar-refractivity contribution in [3.63, 3.8) is 0 Å². The van der Waals surface area contributed by atoms with Gasteiger partial charge in [0.2, 0.25) is 0 Å². The fourth-order valence-electron chi connectivity index (χ4n) is 11.6. The first kappa shape index (κ1) is 37.1. The molecule has 0 aromatic heterocycles. The van der Waals surface area contributed by atoms with Gasteiger partial charge in [-0.15, -0.1) is 0 Å². The molecule has 0 amide bonds. The summed E-state index contributed by atoms with van der Waals surface area (Å²) in [7, 11) is 0. The molecule has 13 aromatic carbocycles. The van der Waals surface area contributed by atoms with E-state index in [9.17, 15) is 0 Å². The van der Waals surface area contributed by atoms with E-state index in [4.69, 9.17) is 0 Å². The molecular formula is C66H42. The van der Waals surface area contributed by atoms with Crippen LogP contribution in [0.3, 0.4) is 0 Å². The van der Waals surface area contributed by atoms with Crippen LogP contribution in [0.2, 0.25) is 0 Å². The maximum atomic E-state index is 2.51. The van der Waals surface area contributed by atoms with Crippen molar-refractivity contribution in [3.05, 3.63) is 236 Å². The summed E-state index contributed by atoms with van der Waals surface area (Å²) in [5, 5.41) is 20.3. The summed E-state index contributed by atoms with van der Waals surface area (Å²) in [5.74, 6) is 0. The van der Waals surface area contributed by atoms with E-state index in [2.05, 4.69) is 231 Å². The first-order chi connectivity index (χ1) is 32.7. The van der Waals surface area contributed by atoms with E-state index in [1.807, 2.05) is 0 Å². The molecule has 1 aliphatic carbocycles. The number of hydrogen-bond acceptors (Lipinski definition) is 0. The molecule has 0 radical (unpaired) electrons. The monoisotopic (exact) mass is 834 g/mol. The lowest BCUT2D eigenvalue weighted by Gasteiger charge is -2.20. The van der Waals surface area contributed by atoms with Gasteiger partial charge in [0, 0.05) is 0 Å². The highest BCUT2D eigenvalue weighted by Gasteiger charge is 2.21. The van der Waals surface area contributed by atoms with Gasteiger partial charge in [-0.3, -0.25) is 0 Å². The van der Waals surface area contributed by atoms with Gasteiger partial charge in [0.15, 0.2) is 0 Å². The average molecular weight is 835 g/mol. The first-order valence-corrected chi connectivity index (χ1v) is 23.3. The van der Waals surface area contributed by atoms with E-state index >= 15 is 0 Å². The summed E-state index contributed by atoms with van der Waals surface area (Å²) in [5.41, 5.74) is 12.8. The number of fused-ring (bicyclic) bond motifs is 15. The van der Waals surface area contributed by atoms with E-state index in [0.29, 0.717) is 0 Å². The van der Waals surface area contributed by atoms with Crippen LogP contribution in [-0.2, 0) is 6.42 Å². The molecule has 0 heteroatoms. The minimum Gasteiger partial charge on any atom is -0.0836 e. The van der Waals surface area contributed by atoms with E-state index in [1.165, 1.54) is 142 Å². The Morgan fingerprint density at radius 1 is 0.258 bits per heavy atom. The average Bonchev–Trinajstić information content (AvgIpc) is 3.39. The second-order valence-corrected chi connectivity index (χ2v) is 18.2. The topological polar surface area (TPSA) is 0 Å². The highest BCUT2D eigenvalue weighted by molar-refractivity contribution is 6.40. The van der Waals surface area contributed by atoms with Crippen LogP contribution in [-0.4, -0.2) is 0 Å². The van der Waals surface area contributed by atoms with Gasteiger partial charge < -0.3 is 0 Å². The third kappa shape index (κ3) is 5.65. The molecule has 0 saturated carbocycles. The molecule has 0 spiro atoms. The van der Waals surface area contributed by atoms with Crippen LogP contribution in [0.25, 0.3) is 137 Å². The number of aryl methyl sites for hydroxylation is 1. The predicted molar refractivity (Wildman–Crippen MR) is 286 cm³/mol. The minimum atomic E-state index is 1.08. The summed E-state index contributed by atoms with van der Waals surface area (Å²) in [6, 6.07) is 82.4. The van der Waals surface area contributed by atoms with Crippen molar-refractivity contribution in [1.82, 2.24) is 0 Å². The third-order valence-corrected chi connectivity index (χ3v) is 14.6. The van der Waals surface area contributed by atoms with E-state index in [-0.39, 0.29) is 0 Å². The zero-order valence-electron chi connectivity index (χ0n) is 36.4. The predicted octanol–water partition coefficient (Wildman–Crippen LogP) is 18.5.